The predicted octanol–water partition coefficient (Wildman–Crippen LogP) is 2.17. The van der Waals surface area contributed by atoms with E-state index in [0.29, 0.717) is 12.1 Å². The normalized spacial score (nSPS) is 26.5. The highest BCUT2D eigenvalue weighted by molar-refractivity contribution is 5.11. The largest absolute Gasteiger partial charge is 0.326 e. The first-order valence-electron chi connectivity index (χ1n) is 7.18. The van der Waals surface area contributed by atoms with Gasteiger partial charge in [-0.25, -0.2) is 0 Å². The number of hydrogen-bond donors (Lipinski definition) is 1. The van der Waals surface area contributed by atoms with Gasteiger partial charge < -0.3 is 5.73 Å². The van der Waals surface area contributed by atoms with Gasteiger partial charge in [-0.1, -0.05) is 6.42 Å². The third kappa shape index (κ3) is 2.59. The van der Waals surface area contributed by atoms with E-state index in [0.717, 1.165) is 19.5 Å². The van der Waals surface area contributed by atoms with Crippen molar-refractivity contribution in [3.8, 4) is 0 Å². The molecule has 102 valence electrons. The molecule has 18 heavy (non-hydrogen) atoms. The van der Waals surface area contributed by atoms with Gasteiger partial charge in [-0.05, 0) is 46.2 Å². The first-order chi connectivity index (χ1) is 8.65. The number of aryl methyl sites for hydroxylation is 1. The Hall–Kier alpha value is -0.870. The molecule has 0 bridgehead atoms. The maximum atomic E-state index is 6.44. The van der Waals surface area contributed by atoms with Crippen LogP contribution in [0.1, 0.15) is 51.8 Å². The lowest BCUT2D eigenvalue weighted by Gasteiger charge is -2.36. The zero-order valence-corrected chi connectivity index (χ0v) is 11.8. The van der Waals surface area contributed by atoms with Crippen LogP contribution in [0.4, 0.5) is 0 Å². The van der Waals surface area contributed by atoms with Crippen LogP contribution >= 0.6 is 0 Å². The summed E-state index contributed by atoms with van der Waals surface area (Å²) in [5.74, 6) is 0. The van der Waals surface area contributed by atoms with Crippen molar-refractivity contribution in [2.45, 2.75) is 64.7 Å². The maximum absolute atomic E-state index is 6.44. The van der Waals surface area contributed by atoms with E-state index in [1.807, 2.05) is 6.20 Å². The van der Waals surface area contributed by atoms with Crippen LogP contribution in [-0.2, 0) is 6.54 Å². The fourth-order valence-electron chi connectivity index (χ4n) is 3.04. The fraction of sp³-hybridized carbons (Fsp3) is 0.786. The molecule has 1 aromatic heterocycles. The Kier molecular flexibility index (Phi) is 4.40. The smallest absolute Gasteiger partial charge is 0.0672 e. The molecule has 2 heterocycles. The SMILES string of the molecule is CCn1nccc1C1C(N)CCCCN1C(C)C. The molecule has 0 saturated carbocycles. The summed E-state index contributed by atoms with van der Waals surface area (Å²) < 4.78 is 2.09. The van der Waals surface area contributed by atoms with Crippen molar-refractivity contribution in [2.75, 3.05) is 6.54 Å². The van der Waals surface area contributed by atoms with Crippen LogP contribution in [0.2, 0.25) is 0 Å². The number of rotatable bonds is 3. The molecule has 2 unspecified atom stereocenters. The lowest BCUT2D eigenvalue weighted by molar-refractivity contribution is 0.137. The molecule has 2 atom stereocenters. The van der Waals surface area contributed by atoms with Crippen molar-refractivity contribution >= 4 is 0 Å². The van der Waals surface area contributed by atoms with Crippen molar-refractivity contribution in [1.29, 1.82) is 0 Å². The van der Waals surface area contributed by atoms with Gasteiger partial charge in [0.2, 0.25) is 0 Å². The number of nitrogens with zero attached hydrogens (tertiary/aromatic N) is 3. The highest BCUT2D eigenvalue weighted by Gasteiger charge is 2.32. The summed E-state index contributed by atoms with van der Waals surface area (Å²) in [7, 11) is 0. The Bertz CT molecular complexity index is 372. The van der Waals surface area contributed by atoms with Crippen LogP contribution < -0.4 is 5.73 Å². The van der Waals surface area contributed by atoms with Gasteiger partial charge in [-0.2, -0.15) is 5.10 Å². The Morgan fingerprint density at radius 1 is 1.44 bits per heavy atom. The number of hydrogen-bond acceptors (Lipinski definition) is 3. The molecule has 4 nitrogen and oxygen atoms in total. The van der Waals surface area contributed by atoms with E-state index in [-0.39, 0.29) is 6.04 Å². The summed E-state index contributed by atoms with van der Waals surface area (Å²) >= 11 is 0. The van der Waals surface area contributed by atoms with Gasteiger partial charge in [-0.15, -0.1) is 0 Å². The minimum atomic E-state index is 0.219. The van der Waals surface area contributed by atoms with Crippen molar-refractivity contribution < 1.29 is 0 Å². The highest BCUT2D eigenvalue weighted by Crippen LogP contribution is 2.30. The standard InChI is InChI=1S/C14H26N4/c1-4-18-13(8-9-16-18)14-12(15)7-5-6-10-17(14)11(2)3/h8-9,11-12,14H,4-7,10,15H2,1-3H3. The third-order valence-electron chi connectivity index (χ3n) is 3.98. The summed E-state index contributed by atoms with van der Waals surface area (Å²) in [4.78, 5) is 2.54. The third-order valence-corrected chi connectivity index (χ3v) is 3.98. The van der Waals surface area contributed by atoms with Crippen LogP contribution in [0.15, 0.2) is 12.3 Å². The van der Waals surface area contributed by atoms with Crippen molar-refractivity contribution in [2.24, 2.45) is 5.73 Å². The number of aromatic nitrogens is 2. The average molecular weight is 250 g/mol. The zero-order valence-electron chi connectivity index (χ0n) is 11.8. The van der Waals surface area contributed by atoms with E-state index in [2.05, 4.69) is 41.5 Å². The van der Waals surface area contributed by atoms with Crippen LogP contribution in [-0.4, -0.2) is 33.3 Å². The second kappa shape index (κ2) is 5.85. The molecule has 0 aliphatic carbocycles. The molecule has 4 heteroatoms. The first kappa shape index (κ1) is 13.6. The topological polar surface area (TPSA) is 47.1 Å². The Morgan fingerprint density at radius 3 is 2.89 bits per heavy atom. The molecular weight excluding hydrogens is 224 g/mol. The fourth-order valence-corrected chi connectivity index (χ4v) is 3.04. The van der Waals surface area contributed by atoms with Crippen LogP contribution in [0.25, 0.3) is 0 Å². The molecule has 2 N–H and O–H groups in total. The second-order valence-electron chi connectivity index (χ2n) is 5.51. The molecule has 1 aliphatic rings. The predicted molar refractivity (Wildman–Crippen MR) is 74.3 cm³/mol. The van der Waals surface area contributed by atoms with Gasteiger partial charge in [0.15, 0.2) is 0 Å². The molecule has 1 aliphatic heterocycles. The Labute approximate surface area is 110 Å². The van der Waals surface area contributed by atoms with E-state index in [1.54, 1.807) is 0 Å². The lowest BCUT2D eigenvalue weighted by atomic mass is 10.00. The maximum Gasteiger partial charge on any atom is 0.0672 e. The van der Waals surface area contributed by atoms with Gasteiger partial charge in [-0.3, -0.25) is 9.58 Å². The molecular formula is C14H26N4. The first-order valence-corrected chi connectivity index (χ1v) is 7.18. The Balaban J connectivity index is 2.34. The quantitative estimate of drug-likeness (QED) is 0.894. The lowest BCUT2D eigenvalue weighted by Crippen LogP contribution is -2.44. The van der Waals surface area contributed by atoms with Crippen LogP contribution in [0.5, 0.6) is 0 Å². The van der Waals surface area contributed by atoms with Gasteiger partial charge in [0, 0.05) is 24.8 Å². The van der Waals surface area contributed by atoms with E-state index in [9.17, 15) is 0 Å². The van der Waals surface area contributed by atoms with Crippen LogP contribution in [0.3, 0.4) is 0 Å². The van der Waals surface area contributed by atoms with E-state index in [1.165, 1.54) is 18.5 Å². The molecule has 2 rings (SSSR count). The monoisotopic (exact) mass is 250 g/mol. The number of likely N-dealkylation sites (tertiary alicyclic amines) is 1. The molecule has 0 spiro atoms. The van der Waals surface area contributed by atoms with Crippen molar-refractivity contribution in [3.05, 3.63) is 18.0 Å². The van der Waals surface area contributed by atoms with Gasteiger partial charge in [0.1, 0.15) is 0 Å². The van der Waals surface area contributed by atoms with Crippen molar-refractivity contribution in [3.63, 3.8) is 0 Å². The summed E-state index contributed by atoms with van der Waals surface area (Å²) in [6.07, 6.45) is 5.50. The summed E-state index contributed by atoms with van der Waals surface area (Å²) in [5, 5.41) is 4.40. The minimum absolute atomic E-state index is 0.219. The van der Waals surface area contributed by atoms with E-state index in [4.69, 9.17) is 5.73 Å². The minimum Gasteiger partial charge on any atom is -0.326 e. The summed E-state index contributed by atoms with van der Waals surface area (Å²) in [6, 6.07) is 3.19. The van der Waals surface area contributed by atoms with E-state index < -0.39 is 0 Å². The molecule has 1 aromatic rings. The van der Waals surface area contributed by atoms with Gasteiger partial charge in [0.25, 0.3) is 0 Å². The second-order valence-corrected chi connectivity index (χ2v) is 5.51. The molecule has 0 aromatic carbocycles. The van der Waals surface area contributed by atoms with Gasteiger partial charge in [0.05, 0.1) is 11.7 Å². The molecule has 0 amide bonds. The van der Waals surface area contributed by atoms with Gasteiger partial charge >= 0.3 is 0 Å². The summed E-state index contributed by atoms with van der Waals surface area (Å²) in [5.41, 5.74) is 7.72. The molecule has 0 radical (unpaired) electrons. The van der Waals surface area contributed by atoms with Crippen LogP contribution in [0, 0.1) is 0 Å². The molecule has 1 saturated heterocycles. The highest BCUT2D eigenvalue weighted by atomic mass is 15.3. The van der Waals surface area contributed by atoms with Crippen molar-refractivity contribution in [1.82, 2.24) is 14.7 Å². The van der Waals surface area contributed by atoms with E-state index >= 15 is 0 Å². The average Bonchev–Trinajstić information content (AvgIpc) is 2.72. The summed E-state index contributed by atoms with van der Waals surface area (Å²) in [6.45, 7) is 8.72. The number of nitrogens with two attached hydrogens (primary N) is 1. The zero-order chi connectivity index (χ0) is 13.1. The molecule has 1 fully saturated rings. The Morgan fingerprint density at radius 2 is 2.22 bits per heavy atom.